The van der Waals surface area contributed by atoms with Crippen LogP contribution in [0.3, 0.4) is 0 Å². The van der Waals surface area contributed by atoms with Crippen LogP contribution in [0, 0.1) is 5.92 Å². The quantitative estimate of drug-likeness (QED) is 0.503. The number of hydrogen-bond acceptors (Lipinski definition) is 2. The van der Waals surface area contributed by atoms with Crippen molar-refractivity contribution in [2.45, 2.75) is 20.3 Å². The molecule has 0 amide bonds. The molecule has 2 heteroatoms. The van der Waals surface area contributed by atoms with Crippen LogP contribution in [0.4, 0.5) is 0 Å². The summed E-state index contributed by atoms with van der Waals surface area (Å²) in [5, 5.41) is 2.96. The Bertz CT molecular complexity index is 173. The summed E-state index contributed by atoms with van der Waals surface area (Å²) in [6.45, 7) is 8.13. The third-order valence-electron chi connectivity index (χ3n) is 1.90. The molecule has 0 heterocycles. The fourth-order valence-corrected chi connectivity index (χ4v) is 0.791. The van der Waals surface area contributed by atoms with E-state index in [-0.39, 0.29) is 0 Å². The molecule has 2 nitrogen and oxygen atoms in total. The lowest BCUT2D eigenvalue weighted by Crippen LogP contribution is -2.09. The molecule has 0 spiro atoms. The molecular weight excluding hydrogens is 150 g/mol. The molecule has 0 aromatic carbocycles. The Morgan fingerprint density at radius 1 is 1.67 bits per heavy atom. The van der Waals surface area contributed by atoms with E-state index in [4.69, 9.17) is 4.74 Å². The summed E-state index contributed by atoms with van der Waals surface area (Å²) < 4.78 is 5.17. The highest BCUT2D eigenvalue weighted by molar-refractivity contribution is 5.20. The highest BCUT2D eigenvalue weighted by Crippen LogP contribution is 2.11. The Morgan fingerprint density at radius 3 is 2.58 bits per heavy atom. The van der Waals surface area contributed by atoms with E-state index in [9.17, 15) is 0 Å². The second-order valence-electron chi connectivity index (χ2n) is 2.85. The van der Waals surface area contributed by atoms with Crippen molar-refractivity contribution in [3.63, 3.8) is 0 Å². The predicted molar refractivity (Wildman–Crippen MR) is 52.7 cm³/mol. The smallest absolute Gasteiger partial charge is 0.137 e. The molecule has 0 aromatic heterocycles. The molecule has 0 aromatic rings. The van der Waals surface area contributed by atoms with E-state index in [0.29, 0.717) is 5.92 Å². The van der Waals surface area contributed by atoms with Gasteiger partial charge < -0.3 is 10.1 Å². The van der Waals surface area contributed by atoms with Crippen molar-refractivity contribution in [2.24, 2.45) is 5.92 Å². The molecule has 0 rings (SSSR count). The summed E-state index contributed by atoms with van der Waals surface area (Å²) in [5.41, 5.74) is 0.831. The van der Waals surface area contributed by atoms with E-state index in [1.807, 2.05) is 7.05 Å². The van der Waals surface area contributed by atoms with Crippen molar-refractivity contribution in [1.29, 1.82) is 0 Å². The number of allylic oxidation sites excluding steroid dienone is 1. The molecule has 70 valence electrons. The molecule has 0 aliphatic carbocycles. The van der Waals surface area contributed by atoms with Gasteiger partial charge in [-0.3, -0.25) is 0 Å². The van der Waals surface area contributed by atoms with Gasteiger partial charge in [-0.2, -0.15) is 0 Å². The van der Waals surface area contributed by atoms with E-state index >= 15 is 0 Å². The molecule has 1 N–H and O–H groups in total. The molecule has 0 radical (unpaired) electrons. The van der Waals surface area contributed by atoms with Crippen LogP contribution in [0.25, 0.3) is 0 Å². The third kappa shape index (κ3) is 3.46. The number of methoxy groups -OCH3 is 1. The van der Waals surface area contributed by atoms with Gasteiger partial charge in [-0.1, -0.05) is 20.4 Å². The first-order chi connectivity index (χ1) is 5.65. The van der Waals surface area contributed by atoms with Crippen LogP contribution in [-0.4, -0.2) is 14.2 Å². The van der Waals surface area contributed by atoms with Gasteiger partial charge in [-0.05, 0) is 18.4 Å². The SMILES string of the molecule is C=C(NC)/C(=C\[C@H](C)CC)OC. The van der Waals surface area contributed by atoms with E-state index in [0.717, 1.165) is 17.9 Å². The van der Waals surface area contributed by atoms with Gasteiger partial charge in [-0.25, -0.2) is 0 Å². The number of likely N-dealkylation sites (N-methyl/N-ethyl adjacent to an activating group) is 1. The minimum absolute atomic E-state index is 0.532. The Morgan fingerprint density at radius 2 is 2.25 bits per heavy atom. The molecule has 0 aliphatic rings. The first-order valence-electron chi connectivity index (χ1n) is 4.28. The van der Waals surface area contributed by atoms with Crippen molar-refractivity contribution in [3.8, 4) is 0 Å². The molecule has 0 unspecified atom stereocenters. The van der Waals surface area contributed by atoms with E-state index in [1.54, 1.807) is 7.11 Å². The van der Waals surface area contributed by atoms with Crippen molar-refractivity contribution < 1.29 is 4.74 Å². The average molecular weight is 169 g/mol. The van der Waals surface area contributed by atoms with Crippen LogP contribution in [-0.2, 0) is 4.74 Å². The number of nitrogens with one attached hydrogen (secondary N) is 1. The molecule has 0 aliphatic heterocycles. The lowest BCUT2D eigenvalue weighted by atomic mass is 10.1. The Hall–Kier alpha value is -0.920. The number of ether oxygens (including phenoxy) is 1. The first-order valence-corrected chi connectivity index (χ1v) is 4.28. The number of rotatable bonds is 5. The predicted octanol–water partition coefficient (Wildman–Crippen LogP) is 2.30. The molecule has 0 bridgehead atoms. The minimum atomic E-state index is 0.532. The Labute approximate surface area is 75.3 Å². The fraction of sp³-hybridized carbons (Fsp3) is 0.600. The maximum absolute atomic E-state index is 5.17. The summed E-state index contributed by atoms with van der Waals surface area (Å²) >= 11 is 0. The summed E-state index contributed by atoms with van der Waals surface area (Å²) in [5.74, 6) is 1.37. The van der Waals surface area contributed by atoms with Gasteiger partial charge in [0.1, 0.15) is 5.76 Å². The average Bonchev–Trinajstić information content (AvgIpc) is 2.12. The van der Waals surface area contributed by atoms with Crippen LogP contribution >= 0.6 is 0 Å². The van der Waals surface area contributed by atoms with Gasteiger partial charge in [0.15, 0.2) is 0 Å². The maximum Gasteiger partial charge on any atom is 0.137 e. The van der Waals surface area contributed by atoms with Gasteiger partial charge in [-0.15, -0.1) is 0 Å². The molecule has 12 heavy (non-hydrogen) atoms. The summed E-state index contributed by atoms with van der Waals surface area (Å²) in [6, 6.07) is 0. The van der Waals surface area contributed by atoms with Crippen LogP contribution in [0.5, 0.6) is 0 Å². The van der Waals surface area contributed by atoms with Gasteiger partial charge in [0.05, 0.1) is 12.8 Å². The third-order valence-corrected chi connectivity index (χ3v) is 1.90. The van der Waals surface area contributed by atoms with Gasteiger partial charge in [0.2, 0.25) is 0 Å². The van der Waals surface area contributed by atoms with E-state index in [2.05, 4.69) is 31.8 Å². The van der Waals surface area contributed by atoms with Crippen molar-refractivity contribution in [2.75, 3.05) is 14.2 Å². The van der Waals surface area contributed by atoms with E-state index in [1.165, 1.54) is 0 Å². The van der Waals surface area contributed by atoms with Crippen molar-refractivity contribution in [1.82, 2.24) is 5.32 Å². The van der Waals surface area contributed by atoms with Crippen LogP contribution < -0.4 is 5.32 Å². The van der Waals surface area contributed by atoms with Crippen LogP contribution in [0.15, 0.2) is 24.1 Å². The normalized spacial score (nSPS) is 13.8. The zero-order chi connectivity index (χ0) is 9.56. The largest absolute Gasteiger partial charge is 0.495 e. The standard InChI is InChI=1S/C10H19NO/c1-6-8(2)7-10(12-5)9(3)11-4/h7-8,11H,3,6H2,1-2,4-5H3/b10-7+/t8-/m1/s1. The Kier molecular flexibility index (Phi) is 5.26. The molecule has 0 saturated carbocycles. The molecular formula is C10H19NO. The topological polar surface area (TPSA) is 21.3 Å². The molecule has 0 fully saturated rings. The van der Waals surface area contributed by atoms with Gasteiger partial charge in [0, 0.05) is 7.05 Å². The summed E-state index contributed by atoms with van der Waals surface area (Å²) in [6.07, 6.45) is 3.20. The van der Waals surface area contributed by atoms with E-state index < -0.39 is 0 Å². The summed E-state index contributed by atoms with van der Waals surface area (Å²) in [4.78, 5) is 0. The highest BCUT2D eigenvalue weighted by atomic mass is 16.5. The fourth-order valence-electron chi connectivity index (χ4n) is 0.791. The summed E-state index contributed by atoms with van der Waals surface area (Å²) in [7, 11) is 3.50. The monoisotopic (exact) mass is 169 g/mol. The second kappa shape index (κ2) is 5.70. The van der Waals surface area contributed by atoms with Crippen LogP contribution in [0.2, 0.25) is 0 Å². The van der Waals surface area contributed by atoms with Crippen molar-refractivity contribution in [3.05, 3.63) is 24.1 Å². The number of hydrogen-bond donors (Lipinski definition) is 1. The zero-order valence-electron chi connectivity index (χ0n) is 8.48. The molecule has 0 saturated heterocycles. The minimum Gasteiger partial charge on any atom is -0.495 e. The van der Waals surface area contributed by atoms with Gasteiger partial charge >= 0.3 is 0 Å². The highest BCUT2D eigenvalue weighted by Gasteiger charge is 2.02. The van der Waals surface area contributed by atoms with Crippen LogP contribution in [0.1, 0.15) is 20.3 Å². The van der Waals surface area contributed by atoms with Crippen molar-refractivity contribution >= 4 is 0 Å². The second-order valence-corrected chi connectivity index (χ2v) is 2.85. The molecule has 1 atom stereocenters. The van der Waals surface area contributed by atoms with Gasteiger partial charge in [0.25, 0.3) is 0 Å². The first kappa shape index (κ1) is 11.1. The lowest BCUT2D eigenvalue weighted by molar-refractivity contribution is 0.293. The Balaban J connectivity index is 4.32. The zero-order valence-corrected chi connectivity index (χ0v) is 8.48. The lowest BCUT2D eigenvalue weighted by Gasteiger charge is -2.10. The maximum atomic E-state index is 5.17.